The van der Waals surface area contributed by atoms with E-state index in [-0.39, 0.29) is 11.3 Å². The van der Waals surface area contributed by atoms with Crippen LogP contribution in [0.25, 0.3) is 5.57 Å². The summed E-state index contributed by atoms with van der Waals surface area (Å²) in [6.07, 6.45) is 0. The number of halogens is 1. The van der Waals surface area contributed by atoms with Crippen LogP contribution in [0, 0.1) is 12.7 Å². The number of hydrogen-bond acceptors (Lipinski definition) is 3. The molecule has 0 N–H and O–H groups in total. The van der Waals surface area contributed by atoms with Crippen LogP contribution in [0.1, 0.15) is 11.1 Å². The topological polar surface area (TPSA) is 35.5 Å². The van der Waals surface area contributed by atoms with Gasteiger partial charge in [-0.05, 0) is 18.6 Å². The summed E-state index contributed by atoms with van der Waals surface area (Å²) in [6.45, 7) is 5.20. The van der Waals surface area contributed by atoms with Crippen molar-refractivity contribution in [3.05, 3.63) is 35.7 Å². The van der Waals surface area contributed by atoms with Crippen molar-refractivity contribution in [3.63, 3.8) is 0 Å². The molecule has 0 spiro atoms. The second-order valence-electron chi connectivity index (χ2n) is 3.27. The van der Waals surface area contributed by atoms with E-state index in [0.29, 0.717) is 11.1 Å². The van der Waals surface area contributed by atoms with E-state index in [4.69, 9.17) is 4.74 Å². The molecule has 0 aliphatic rings. The largest absolute Gasteiger partial charge is 0.496 e. The molecule has 3 nitrogen and oxygen atoms in total. The quantitative estimate of drug-likeness (QED) is 0.584. The summed E-state index contributed by atoms with van der Waals surface area (Å²) in [6, 6.07) is 2.73. The SMILES string of the molecule is C=C(C(=O)OC)c1cc(C)c(F)cc1OC. The maximum absolute atomic E-state index is 13.3. The summed E-state index contributed by atoms with van der Waals surface area (Å²) in [4.78, 5) is 11.3. The first-order chi connectivity index (χ1) is 7.51. The number of carbonyl (C=O) groups excluding carboxylic acids is 1. The minimum atomic E-state index is -0.565. The summed E-state index contributed by atoms with van der Waals surface area (Å²) in [5.74, 6) is -0.693. The molecule has 1 aromatic carbocycles. The standard InChI is InChI=1S/C12H13FO3/c1-7-5-9(8(2)12(14)16-4)11(15-3)6-10(7)13/h5-6H,2H2,1,3-4H3. The molecule has 0 heterocycles. The van der Waals surface area contributed by atoms with E-state index >= 15 is 0 Å². The van der Waals surface area contributed by atoms with Crippen molar-refractivity contribution in [2.24, 2.45) is 0 Å². The lowest BCUT2D eigenvalue weighted by atomic mass is 10.0. The van der Waals surface area contributed by atoms with Gasteiger partial charge in [0.2, 0.25) is 0 Å². The molecular weight excluding hydrogens is 211 g/mol. The molecule has 1 aromatic rings. The van der Waals surface area contributed by atoms with E-state index in [9.17, 15) is 9.18 Å². The first kappa shape index (κ1) is 12.2. The summed E-state index contributed by atoms with van der Waals surface area (Å²) in [5, 5.41) is 0. The Hall–Kier alpha value is -1.84. The second kappa shape index (κ2) is 4.79. The molecule has 0 radical (unpaired) electrons. The Morgan fingerprint density at radius 1 is 1.38 bits per heavy atom. The van der Waals surface area contributed by atoms with Gasteiger partial charge in [0, 0.05) is 11.6 Å². The van der Waals surface area contributed by atoms with Gasteiger partial charge in [-0.15, -0.1) is 0 Å². The average Bonchev–Trinajstić information content (AvgIpc) is 2.30. The molecule has 86 valence electrons. The van der Waals surface area contributed by atoms with Gasteiger partial charge in [-0.2, -0.15) is 0 Å². The van der Waals surface area contributed by atoms with E-state index in [1.165, 1.54) is 26.4 Å². The van der Waals surface area contributed by atoms with Crippen molar-refractivity contribution in [2.75, 3.05) is 14.2 Å². The van der Waals surface area contributed by atoms with Crippen molar-refractivity contribution in [3.8, 4) is 5.75 Å². The number of methoxy groups -OCH3 is 2. The molecule has 0 amide bonds. The summed E-state index contributed by atoms with van der Waals surface area (Å²) >= 11 is 0. The molecule has 0 bridgehead atoms. The fourth-order valence-corrected chi connectivity index (χ4v) is 1.30. The molecule has 0 unspecified atom stereocenters. The zero-order valence-electron chi connectivity index (χ0n) is 9.46. The first-order valence-electron chi connectivity index (χ1n) is 4.63. The van der Waals surface area contributed by atoms with Crippen molar-refractivity contribution in [2.45, 2.75) is 6.92 Å². The second-order valence-corrected chi connectivity index (χ2v) is 3.27. The monoisotopic (exact) mass is 224 g/mol. The Kier molecular flexibility index (Phi) is 3.66. The minimum Gasteiger partial charge on any atom is -0.496 e. The molecule has 0 saturated heterocycles. The van der Waals surface area contributed by atoms with Crippen molar-refractivity contribution >= 4 is 11.5 Å². The van der Waals surface area contributed by atoms with E-state index in [2.05, 4.69) is 11.3 Å². The normalized spacial score (nSPS) is 9.75. The lowest BCUT2D eigenvalue weighted by molar-refractivity contribution is -0.133. The maximum atomic E-state index is 13.3. The van der Waals surface area contributed by atoms with Gasteiger partial charge < -0.3 is 9.47 Å². The lowest BCUT2D eigenvalue weighted by Gasteiger charge is -2.11. The number of esters is 1. The van der Waals surface area contributed by atoms with Gasteiger partial charge in [0.05, 0.1) is 19.8 Å². The predicted octanol–water partition coefficient (Wildman–Crippen LogP) is 2.33. The Morgan fingerprint density at radius 2 is 2.00 bits per heavy atom. The Labute approximate surface area is 93.5 Å². The van der Waals surface area contributed by atoms with Gasteiger partial charge in [0.15, 0.2) is 0 Å². The highest BCUT2D eigenvalue weighted by Gasteiger charge is 2.16. The molecule has 4 heteroatoms. The van der Waals surface area contributed by atoms with Gasteiger partial charge in [0.25, 0.3) is 0 Å². The lowest BCUT2D eigenvalue weighted by Crippen LogP contribution is -2.05. The van der Waals surface area contributed by atoms with Crippen LogP contribution in [0.5, 0.6) is 5.75 Å². The number of aryl methyl sites for hydroxylation is 1. The average molecular weight is 224 g/mol. The van der Waals surface area contributed by atoms with Gasteiger partial charge in [-0.1, -0.05) is 6.58 Å². The van der Waals surface area contributed by atoms with Gasteiger partial charge in [-0.3, -0.25) is 0 Å². The zero-order valence-corrected chi connectivity index (χ0v) is 9.46. The molecule has 0 aliphatic heterocycles. The van der Waals surface area contributed by atoms with Crippen LogP contribution in [0.2, 0.25) is 0 Å². The van der Waals surface area contributed by atoms with E-state index in [0.717, 1.165) is 0 Å². The highest BCUT2D eigenvalue weighted by atomic mass is 19.1. The molecule has 1 rings (SSSR count). The fraction of sp³-hybridized carbons (Fsp3) is 0.250. The first-order valence-corrected chi connectivity index (χ1v) is 4.63. The summed E-state index contributed by atoms with van der Waals surface area (Å²) in [7, 11) is 2.66. The molecule has 16 heavy (non-hydrogen) atoms. The van der Waals surface area contributed by atoms with Crippen molar-refractivity contribution < 1.29 is 18.7 Å². The fourth-order valence-electron chi connectivity index (χ4n) is 1.30. The summed E-state index contributed by atoms with van der Waals surface area (Å²) in [5.41, 5.74) is 0.997. The summed E-state index contributed by atoms with van der Waals surface area (Å²) < 4.78 is 22.8. The zero-order chi connectivity index (χ0) is 12.3. The van der Waals surface area contributed by atoms with Crippen LogP contribution < -0.4 is 4.74 Å². The van der Waals surface area contributed by atoms with Gasteiger partial charge in [-0.25, -0.2) is 9.18 Å². The Bertz CT molecular complexity index is 438. The molecule has 0 atom stereocenters. The predicted molar refractivity (Wildman–Crippen MR) is 58.7 cm³/mol. The third-order valence-corrected chi connectivity index (χ3v) is 2.24. The number of carbonyl (C=O) groups is 1. The number of hydrogen-bond donors (Lipinski definition) is 0. The minimum absolute atomic E-state index is 0.141. The van der Waals surface area contributed by atoms with Crippen LogP contribution in [0.3, 0.4) is 0 Å². The number of ether oxygens (including phenoxy) is 2. The molecule has 0 fully saturated rings. The Balaban J connectivity index is 3.27. The third-order valence-electron chi connectivity index (χ3n) is 2.24. The number of benzene rings is 1. The van der Waals surface area contributed by atoms with Crippen molar-refractivity contribution in [1.82, 2.24) is 0 Å². The maximum Gasteiger partial charge on any atom is 0.337 e. The third kappa shape index (κ3) is 2.21. The number of rotatable bonds is 3. The van der Waals surface area contributed by atoms with Crippen LogP contribution >= 0.6 is 0 Å². The van der Waals surface area contributed by atoms with Crippen LogP contribution in [0.15, 0.2) is 18.7 Å². The van der Waals surface area contributed by atoms with Crippen LogP contribution in [-0.4, -0.2) is 20.2 Å². The highest BCUT2D eigenvalue weighted by molar-refractivity contribution is 6.16. The molecule has 0 aliphatic carbocycles. The molecule has 0 aromatic heterocycles. The van der Waals surface area contributed by atoms with E-state index < -0.39 is 11.8 Å². The Morgan fingerprint density at radius 3 is 2.50 bits per heavy atom. The van der Waals surface area contributed by atoms with Gasteiger partial charge in [0.1, 0.15) is 11.6 Å². The smallest absolute Gasteiger partial charge is 0.337 e. The van der Waals surface area contributed by atoms with Crippen molar-refractivity contribution in [1.29, 1.82) is 0 Å². The van der Waals surface area contributed by atoms with Gasteiger partial charge >= 0.3 is 5.97 Å². The van der Waals surface area contributed by atoms with Crippen LogP contribution in [0.4, 0.5) is 4.39 Å². The highest BCUT2D eigenvalue weighted by Crippen LogP contribution is 2.28. The van der Waals surface area contributed by atoms with Crippen LogP contribution in [-0.2, 0) is 9.53 Å². The molecular formula is C12H13FO3. The van der Waals surface area contributed by atoms with E-state index in [1.807, 2.05) is 0 Å². The van der Waals surface area contributed by atoms with E-state index in [1.54, 1.807) is 6.92 Å². The molecule has 0 saturated carbocycles.